The van der Waals surface area contributed by atoms with Gasteiger partial charge in [-0.15, -0.1) is 0 Å². The maximum Gasteiger partial charge on any atom is 0.242 e. The summed E-state index contributed by atoms with van der Waals surface area (Å²) in [5, 5.41) is 12.2. The van der Waals surface area contributed by atoms with E-state index >= 15 is 0 Å². The topological polar surface area (TPSA) is 52.6 Å². The zero-order valence-electron chi connectivity index (χ0n) is 10.9. The molecule has 2 N–H and O–H groups in total. The normalized spacial score (nSPS) is 20.8. The number of nitrogens with zero attached hydrogens (tertiary/aromatic N) is 1. The van der Waals surface area contributed by atoms with E-state index in [1.54, 1.807) is 14.0 Å². The number of likely N-dealkylation sites (N-methyl/N-ethyl adjacent to an activating group) is 1. The van der Waals surface area contributed by atoms with Crippen LogP contribution in [0.3, 0.4) is 0 Å². The molecule has 0 bridgehead atoms. The zero-order valence-corrected chi connectivity index (χ0v) is 10.9. The first kappa shape index (κ1) is 12.9. The molecule has 2 unspecified atom stereocenters. The van der Waals surface area contributed by atoms with Gasteiger partial charge in [0.15, 0.2) is 0 Å². The number of hydrogen-bond acceptors (Lipinski definition) is 3. The van der Waals surface area contributed by atoms with E-state index < -0.39 is 6.10 Å². The fourth-order valence-electron chi connectivity index (χ4n) is 2.46. The van der Waals surface area contributed by atoms with Crippen LogP contribution in [0.15, 0.2) is 24.3 Å². The Bertz CT molecular complexity index is 414. The summed E-state index contributed by atoms with van der Waals surface area (Å²) in [4.78, 5) is 13.9. The highest BCUT2D eigenvalue weighted by atomic mass is 16.3. The molecule has 1 saturated heterocycles. The van der Waals surface area contributed by atoms with Crippen molar-refractivity contribution in [1.29, 1.82) is 0 Å². The van der Waals surface area contributed by atoms with Crippen molar-refractivity contribution in [2.45, 2.75) is 31.9 Å². The summed E-state index contributed by atoms with van der Waals surface area (Å²) in [7, 11) is 1.68. The lowest BCUT2D eigenvalue weighted by atomic mass is 10.1. The quantitative estimate of drug-likeness (QED) is 0.851. The lowest BCUT2D eigenvalue weighted by Gasteiger charge is -2.25. The average molecular weight is 248 g/mol. The zero-order chi connectivity index (χ0) is 13.1. The molecule has 2 atom stereocenters. The molecule has 1 aliphatic rings. The molecule has 4 heteroatoms. The summed E-state index contributed by atoms with van der Waals surface area (Å²) < 4.78 is 0. The summed E-state index contributed by atoms with van der Waals surface area (Å²) >= 11 is 0. The number of amides is 1. The summed E-state index contributed by atoms with van der Waals surface area (Å²) in [6.45, 7) is 2.66. The van der Waals surface area contributed by atoms with Crippen LogP contribution in [-0.4, -0.2) is 30.6 Å². The molecule has 1 aromatic rings. The van der Waals surface area contributed by atoms with E-state index in [4.69, 9.17) is 0 Å². The van der Waals surface area contributed by atoms with Crippen molar-refractivity contribution in [1.82, 2.24) is 5.32 Å². The molecule has 0 aliphatic carbocycles. The van der Waals surface area contributed by atoms with Gasteiger partial charge in [-0.05, 0) is 37.5 Å². The third kappa shape index (κ3) is 2.48. The third-order valence-electron chi connectivity index (χ3n) is 3.51. The smallest absolute Gasteiger partial charge is 0.242 e. The second kappa shape index (κ2) is 5.40. The number of carbonyl (C=O) groups is 1. The van der Waals surface area contributed by atoms with Crippen molar-refractivity contribution in [2.24, 2.45) is 0 Å². The van der Waals surface area contributed by atoms with Gasteiger partial charge in [-0.2, -0.15) is 0 Å². The molecule has 0 saturated carbocycles. The van der Waals surface area contributed by atoms with Crippen molar-refractivity contribution >= 4 is 11.6 Å². The maximum absolute atomic E-state index is 11.8. The first-order valence-electron chi connectivity index (χ1n) is 6.39. The Morgan fingerprint density at radius 3 is 2.67 bits per heavy atom. The highest BCUT2D eigenvalue weighted by Gasteiger charge is 2.29. The molecule has 1 aliphatic heterocycles. The van der Waals surface area contributed by atoms with Crippen LogP contribution in [-0.2, 0) is 4.79 Å². The van der Waals surface area contributed by atoms with Crippen LogP contribution in [0.25, 0.3) is 0 Å². The van der Waals surface area contributed by atoms with Gasteiger partial charge in [0.25, 0.3) is 0 Å². The van der Waals surface area contributed by atoms with E-state index in [0.717, 1.165) is 30.6 Å². The Labute approximate surface area is 108 Å². The van der Waals surface area contributed by atoms with Crippen LogP contribution in [0.5, 0.6) is 0 Å². The maximum atomic E-state index is 11.8. The van der Waals surface area contributed by atoms with Gasteiger partial charge in [-0.3, -0.25) is 4.79 Å². The minimum absolute atomic E-state index is 0.0626. The summed E-state index contributed by atoms with van der Waals surface area (Å²) in [5.74, 6) is 0.0760. The van der Waals surface area contributed by atoms with E-state index in [9.17, 15) is 9.90 Å². The molecule has 2 rings (SSSR count). The highest BCUT2D eigenvalue weighted by Crippen LogP contribution is 2.26. The third-order valence-corrected chi connectivity index (χ3v) is 3.51. The minimum Gasteiger partial charge on any atom is -0.389 e. The first-order valence-corrected chi connectivity index (χ1v) is 6.39. The van der Waals surface area contributed by atoms with Gasteiger partial charge in [-0.1, -0.05) is 12.1 Å². The predicted molar refractivity (Wildman–Crippen MR) is 71.5 cm³/mol. The molecule has 4 nitrogen and oxygen atoms in total. The number of anilines is 1. The number of benzene rings is 1. The van der Waals surface area contributed by atoms with Gasteiger partial charge < -0.3 is 15.3 Å². The van der Waals surface area contributed by atoms with Crippen LogP contribution < -0.4 is 10.2 Å². The molecular formula is C14H20N2O2. The molecule has 1 amide bonds. The fourth-order valence-corrected chi connectivity index (χ4v) is 2.46. The summed E-state index contributed by atoms with van der Waals surface area (Å²) in [5.41, 5.74) is 1.94. The van der Waals surface area contributed by atoms with Crippen molar-refractivity contribution in [2.75, 3.05) is 18.5 Å². The Morgan fingerprint density at radius 2 is 2.11 bits per heavy atom. The van der Waals surface area contributed by atoms with Crippen LogP contribution >= 0.6 is 0 Å². The lowest BCUT2D eigenvalue weighted by Crippen LogP contribution is -2.41. The SMILES string of the molecule is CNC(=O)C1CCCN1c1ccc(C(C)O)cc1. The Kier molecular flexibility index (Phi) is 3.87. The molecule has 1 heterocycles. The van der Waals surface area contributed by atoms with Crippen molar-refractivity contribution < 1.29 is 9.90 Å². The van der Waals surface area contributed by atoms with Crippen LogP contribution in [0.2, 0.25) is 0 Å². The van der Waals surface area contributed by atoms with Gasteiger partial charge in [0.2, 0.25) is 5.91 Å². The van der Waals surface area contributed by atoms with Gasteiger partial charge in [-0.25, -0.2) is 0 Å². The van der Waals surface area contributed by atoms with E-state index in [0.29, 0.717) is 0 Å². The number of hydrogen-bond donors (Lipinski definition) is 2. The Morgan fingerprint density at radius 1 is 1.44 bits per heavy atom. The number of nitrogens with one attached hydrogen (secondary N) is 1. The molecular weight excluding hydrogens is 228 g/mol. The van der Waals surface area contributed by atoms with E-state index in [2.05, 4.69) is 10.2 Å². The second-order valence-corrected chi connectivity index (χ2v) is 4.73. The molecule has 0 aromatic heterocycles. The molecule has 1 aromatic carbocycles. The number of aliphatic hydroxyl groups is 1. The number of aliphatic hydroxyl groups excluding tert-OH is 1. The minimum atomic E-state index is -0.452. The largest absolute Gasteiger partial charge is 0.389 e. The van der Waals surface area contributed by atoms with Gasteiger partial charge >= 0.3 is 0 Å². The monoisotopic (exact) mass is 248 g/mol. The van der Waals surface area contributed by atoms with E-state index in [1.807, 2.05) is 24.3 Å². The Hall–Kier alpha value is -1.55. The van der Waals surface area contributed by atoms with Crippen LogP contribution in [0, 0.1) is 0 Å². The van der Waals surface area contributed by atoms with Gasteiger partial charge in [0.05, 0.1) is 6.10 Å². The summed E-state index contributed by atoms with van der Waals surface area (Å²) in [6, 6.07) is 7.72. The average Bonchev–Trinajstić information content (AvgIpc) is 2.87. The molecule has 0 spiro atoms. The van der Waals surface area contributed by atoms with Gasteiger partial charge in [0.1, 0.15) is 6.04 Å². The number of rotatable bonds is 3. The Balaban J connectivity index is 2.17. The lowest BCUT2D eigenvalue weighted by molar-refractivity contribution is -0.121. The molecule has 0 radical (unpaired) electrons. The van der Waals surface area contributed by atoms with E-state index in [1.165, 1.54) is 0 Å². The predicted octanol–water partition coefficient (Wildman–Crippen LogP) is 1.45. The molecule has 98 valence electrons. The van der Waals surface area contributed by atoms with Crippen molar-refractivity contribution in [3.8, 4) is 0 Å². The molecule has 1 fully saturated rings. The van der Waals surface area contributed by atoms with E-state index in [-0.39, 0.29) is 11.9 Å². The highest BCUT2D eigenvalue weighted by molar-refractivity contribution is 5.85. The van der Waals surface area contributed by atoms with Crippen molar-refractivity contribution in [3.63, 3.8) is 0 Å². The van der Waals surface area contributed by atoms with Crippen LogP contribution in [0.1, 0.15) is 31.4 Å². The second-order valence-electron chi connectivity index (χ2n) is 4.73. The fraction of sp³-hybridized carbons (Fsp3) is 0.500. The number of carbonyl (C=O) groups excluding carboxylic acids is 1. The van der Waals surface area contributed by atoms with Gasteiger partial charge in [0, 0.05) is 19.3 Å². The standard InChI is InChI=1S/C14H20N2O2/c1-10(17)11-5-7-12(8-6-11)16-9-3-4-13(16)14(18)15-2/h5-8,10,13,17H,3-4,9H2,1-2H3,(H,15,18). The van der Waals surface area contributed by atoms with Crippen LogP contribution in [0.4, 0.5) is 5.69 Å². The molecule has 18 heavy (non-hydrogen) atoms. The first-order chi connectivity index (χ1) is 8.63. The van der Waals surface area contributed by atoms with Crippen molar-refractivity contribution in [3.05, 3.63) is 29.8 Å². The summed E-state index contributed by atoms with van der Waals surface area (Å²) in [6.07, 6.45) is 1.49.